The number of nitrogens with zero attached hydrogens (tertiary/aromatic N) is 2. The van der Waals surface area contributed by atoms with Crippen LogP contribution >= 0.6 is 0 Å². The van der Waals surface area contributed by atoms with Crippen LogP contribution in [0.25, 0.3) is 49.7 Å². The first kappa shape index (κ1) is 26.7. The molecule has 8 rings (SSSR count). The number of aromatic nitrogens is 1. The first-order valence-electron chi connectivity index (χ1n) is 15.4. The summed E-state index contributed by atoms with van der Waals surface area (Å²) < 4.78 is 2.39. The highest BCUT2D eigenvalue weighted by atomic mass is 15.1. The van der Waals surface area contributed by atoms with Crippen LogP contribution in [0.4, 0.5) is 17.1 Å². The fraction of sp³-hybridized carbons (Fsp3) is 0.0233. The van der Waals surface area contributed by atoms with Gasteiger partial charge in [-0.2, -0.15) is 0 Å². The molecule has 45 heavy (non-hydrogen) atoms. The highest BCUT2D eigenvalue weighted by molar-refractivity contribution is 6.16. The molecule has 7 aromatic carbocycles. The molecule has 2 nitrogen and oxygen atoms in total. The minimum absolute atomic E-state index is 1.11. The molecule has 0 bridgehead atoms. The topological polar surface area (TPSA) is 8.17 Å². The van der Waals surface area contributed by atoms with Crippen molar-refractivity contribution in [3.05, 3.63) is 181 Å². The van der Waals surface area contributed by atoms with Gasteiger partial charge in [0.05, 0.1) is 16.7 Å². The highest BCUT2D eigenvalue weighted by Crippen LogP contribution is 2.44. The second-order valence-electron chi connectivity index (χ2n) is 11.5. The van der Waals surface area contributed by atoms with Gasteiger partial charge in [0.1, 0.15) is 0 Å². The van der Waals surface area contributed by atoms with E-state index in [4.69, 9.17) is 0 Å². The summed E-state index contributed by atoms with van der Waals surface area (Å²) in [5, 5.41) is 2.48. The molecule has 2 heteroatoms. The molecule has 0 amide bonds. The summed E-state index contributed by atoms with van der Waals surface area (Å²) in [6, 6.07) is 63.2. The molecule has 0 N–H and O–H groups in total. The van der Waals surface area contributed by atoms with E-state index in [0.717, 1.165) is 22.7 Å². The maximum absolute atomic E-state index is 2.41. The van der Waals surface area contributed by atoms with Gasteiger partial charge in [-0.3, -0.25) is 0 Å². The standard InChI is InChI=1S/C43H32N2/c1-31-20-29-40-39(30-31)43-41(18-11-19-42(43)45(40)36-16-9-4-10-17-36)44(37-25-21-34(22-26-37)32-12-5-2-6-13-32)38-27-23-35(24-28-38)33-14-7-3-8-15-33/h2-30H,1H3. The molecule has 0 spiro atoms. The monoisotopic (exact) mass is 576 g/mol. The van der Waals surface area contributed by atoms with Crippen molar-refractivity contribution in [1.29, 1.82) is 0 Å². The van der Waals surface area contributed by atoms with E-state index in [1.54, 1.807) is 0 Å². The van der Waals surface area contributed by atoms with Crippen molar-refractivity contribution >= 4 is 38.9 Å². The van der Waals surface area contributed by atoms with E-state index in [-0.39, 0.29) is 0 Å². The molecule has 214 valence electrons. The zero-order valence-electron chi connectivity index (χ0n) is 25.1. The van der Waals surface area contributed by atoms with Crippen molar-refractivity contribution in [1.82, 2.24) is 4.57 Å². The minimum atomic E-state index is 1.11. The van der Waals surface area contributed by atoms with Crippen molar-refractivity contribution < 1.29 is 0 Å². The number of fused-ring (bicyclic) bond motifs is 3. The van der Waals surface area contributed by atoms with Gasteiger partial charge in [-0.1, -0.05) is 121 Å². The first-order chi connectivity index (χ1) is 22.2. The van der Waals surface area contributed by atoms with E-state index in [1.807, 2.05) is 0 Å². The van der Waals surface area contributed by atoms with E-state index in [9.17, 15) is 0 Å². The molecule has 1 heterocycles. The summed E-state index contributed by atoms with van der Waals surface area (Å²) >= 11 is 0. The largest absolute Gasteiger partial charge is 0.310 e. The Bertz CT molecular complexity index is 2150. The van der Waals surface area contributed by atoms with E-state index < -0.39 is 0 Å². The van der Waals surface area contributed by atoms with Crippen LogP contribution in [0.5, 0.6) is 0 Å². The van der Waals surface area contributed by atoms with Crippen molar-refractivity contribution in [2.45, 2.75) is 6.92 Å². The lowest BCUT2D eigenvalue weighted by molar-refractivity contribution is 1.18. The van der Waals surface area contributed by atoms with Gasteiger partial charge in [-0.05, 0) is 89.8 Å². The Kier molecular flexibility index (Phi) is 6.73. The zero-order valence-corrected chi connectivity index (χ0v) is 25.1. The fourth-order valence-electron chi connectivity index (χ4n) is 6.50. The van der Waals surface area contributed by atoms with Crippen LogP contribution in [0.3, 0.4) is 0 Å². The Labute approximate surface area is 264 Å². The van der Waals surface area contributed by atoms with Gasteiger partial charge in [0.25, 0.3) is 0 Å². The van der Waals surface area contributed by atoms with Crippen LogP contribution < -0.4 is 4.90 Å². The third kappa shape index (κ3) is 4.87. The van der Waals surface area contributed by atoms with Crippen LogP contribution in [0, 0.1) is 6.92 Å². The quantitative estimate of drug-likeness (QED) is 0.191. The molecule has 0 aliphatic heterocycles. The van der Waals surface area contributed by atoms with E-state index in [1.165, 1.54) is 49.6 Å². The van der Waals surface area contributed by atoms with Crippen LogP contribution in [-0.2, 0) is 0 Å². The lowest BCUT2D eigenvalue weighted by atomic mass is 10.0. The maximum Gasteiger partial charge on any atom is 0.0562 e. The Balaban J connectivity index is 1.36. The molecule has 0 atom stereocenters. The molecule has 0 unspecified atom stereocenters. The van der Waals surface area contributed by atoms with Gasteiger partial charge in [-0.15, -0.1) is 0 Å². The summed E-state index contributed by atoms with van der Waals surface area (Å²) in [7, 11) is 0. The van der Waals surface area contributed by atoms with Crippen LogP contribution in [0.15, 0.2) is 176 Å². The molecule has 0 saturated heterocycles. The van der Waals surface area contributed by atoms with E-state index in [0.29, 0.717) is 0 Å². The smallest absolute Gasteiger partial charge is 0.0562 e. The lowest BCUT2D eigenvalue weighted by Gasteiger charge is -2.27. The number of hydrogen-bond donors (Lipinski definition) is 0. The third-order valence-electron chi connectivity index (χ3n) is 8.64. The summed E-state index contributed by atoms with van der Waals surface area (Å²) in [6.07, 6.45) is 0. The van der Waals surface area contributed by atoms with Gasteiger partial charge in [0, 0.05) is 27.8 Å². The summed E-state index contributed by atoms with van der Waals surface area (Å²) in [6.45, 7) is 2.18. The molecule has 0 aliphatic carbocycles. The highest BCUT2D eigenvalue weighted by Gasteiger charge is 2.21. The van der Waals surface area contributed by atoms with Crippen LogP contribution in [0.1, 0.15) is 5.56 Å². The van der Waals surface area contributed by atoms with Crippen molar-refractivity contribution in [2.24, 2.45) is 0 Å². The number of para-hydroxylation sites is 1. The van der Waals surface area contributed by atoms with E-state index >= 15 is 0 Å². The fourth-order valence-corrected chi connectivity index (χ4v) is 6.50. The Morgan fingerprint density at radius 3 is 1.49 bits per heavy atom. The number of anilines is 3. The van der Waals surface area contributed by atoms with Crippen molar-refractivity contribution in [3.63, 3.8) is 0 Å². The second-order valence-corrected chi connectivity index (χ2v) is 11.5. The predicted octanol–water partition coefficient (Wildman–Crippen LogP) is 11.9. The van der Waals surface area contributed by atoms with Gasteiger partial charge in [0.2, 0.25) is 0 Å². The molecule has 0 radical (unpaired) electrons. The zero-order chi connectivity index (χ0) is 30.2. The molecule has 1 aromatic heterocycles. The minimum Gasteiger partial charge on any atom is -0.310 e. The predicted molar refractivity (Wildman–Crippen MR) is 191 cm³/mol. The molecular formula is C43H32N2. The Morgan fingerprint density at radius 2 is 0.933 bits per heavy atom. The molecule has 0 aliphatic rings. The SMILES string of the molecule is Cc1ccc2c(c1)c1c(N(c3ccc(-c4ccccc4)cc3)c3ccc(-c4ccccc4)cc3)cccc1n2-c1ccccc1. The van der Waals surface area contributed by atoms with Gasteiger partial charge in [-0.25, -0.2) is 0 Å². The first-order valence-corrected chi connectivity index (χ1v) is 15.4. The van der Waals surface area contributed by atoms with Crippen molar-refractivity contribution in [3.8, 4) is 27.9 Å². The summed E-state index contributed by atoms with van der Waals surface area (Å²) in [5.41, 5.74) is 13.0. The second kappa shape index (κ2) is 11.3. The van der Waals surface area contributed by atoms with Gasteiger partial charge >= 0.3 is 0 Å². The number of aryl methyl sites for hydroxylation is 1. The van der Waals surface area contributed by atoms with Gasteiger partial charge < -0.3 is 9.47 Å². The average molecular weight is 577 g/mol. The normalized spacial score (nSPS) is 11.2. The molecule has 8 aromatic rings. The average Bonchev–Trinajstić information content (AvgIpc) is 3.44. The van der Waals surface area contributed by atoms with Crippen molar-refractivity contribution in [2.75, 3.05) is 4.90 Å². The molecule has 0 saturated carbocycles. The number of benzene rings is 7. The summed E-state index contributed by atoms with van der Waals surface area (Å²) in [4.78, 5) is 2.41. The third-order valence-corrected chi connectivity index (χ3v) is 8.64. The van der Waals surface area contributed by atoms with Crippen LogP contribution in [-0.4, -0.2) is 4.57 Å². The summed E-state index contributed by atoms with van der Waals surface area (Å²) in [5.74, 6) is 0. The molecule has 0 fully saturated rings. The van der Waals surface area contributed by atoms with Crippen LogP contribution in [0.2, 0.25) is 0 Å². The van der Waals surface area contributed by atoms with Gasteiger partial charge in [0.15, 0.2) is 0 Å². The number of hydrogen-bond acceptors (Lipinski definition) is 1. The maximum atomic E-state index is 2.41. The number of rotatable bonds is 6. The Morgan fingerprint density at radius 1 is 0.422 bits per heavy atom. The molecular weight excluding hydrogens is 544 g/mol. The lowest BCUT2D eigenvalue weighted by Crippen LogP contribution is -2.10. The van der Waals surface area contributed by atoms with E-state index in [2.05, 4.69) is 192 Å². The Hall–Kier alpha value is -5.86.